The van der Waals surface area contributed by atoms with Gasteiger partial charge in [0, 0.05) is 10.7 Å². The molecule has 1 aliphatic heterocycles. The summed E-state index contributed by atoms with van der Waals surface area (Å²) in [7, 11) is 0. The molecule has 1 amide bonds. The predicted molar refractivity (Wildman–Crippen MR) is 86.7 cm³/mol. The number of nitrogens with zero attached hydrogens (tertiary/aromatic N) is 1. The molecule has 6 heteroatoms. The van der Waals surface area contributed by atoms with Crippen molar-refractivity contribution in [2.75, 3.05) is 5.32 Å². The molecule has 3 N–H and O–H groups in total. The van der Waals surface area contributed by atoms with E-state index in [1.165, 1.54) is 0 Å². The highest BCUT2D eigenvalue weighted by Gasteiger charge is 2.19. The van der Waals surface area contributed by atoms with Crippen molar-refractivity contribution >= 4 is 35.2 Å². The van der Waals surface area contributed by atoms with Gasteiger partial charge in [-0.15, -0.1) is 0 Å². The molecule has 0 saturated carbocycles. The van der Waals surface area contributed by atoms with Crippen LogP contribution in [0, 0.1) is 0 Å². The summed E-state index contributed by atoms with van der Waals surface area (Å²) in [5.74, 6) is 0.235. The number of hydrogen-bond acceptors (Lipinski definition) is 4. The number of amides is 1. The lowest BCUT2D eigenvalue weighted by molar-refractivity contribution is -0.115. The third-order valence-electron chi connectivity index (χ3n) is 3.00. The average molecular weight is 314 g/mol. The minimum absolute atomic E-state index is 0.172. The van der Waals surface area contributed by atoms with Crippen LogP contribution >= 0.6 is 11.6 Å². The van der Waals surface area contributed by atoms with E-state index in [2.05, 4.69) is 15.6 Å². The first-order chi connectivity index (χ1) is 10.6. The third kappa shape index (κ3) is 3.27. The zero-order chi connectivity index (χ0) is 15.5. The molecule has 5 nitrogen and oxygen atoms in total. The van der Waals surface area contributed by atoms with E-state index in [0.29, 0.717) is 22.4 Å². The van der Waals surface area contributed by atoms with Crippen molar-refractivity contribution in [2.45, 2.75) is 0 Å². The van der Waals surface area contributed by atoms with Gasteiger partial charge in [0.05, 0.1) is 0 Å². The Labute approximate surface area is 132 Å². The fourth-order valence-electron chi connectivity index (χ4n) is 1.93. The Morgan fingerprint density at radius 2 is 1.77 bits per heavy atom. The highest BCUT2D eigenvalue weighted by Crippen LogP contribution is 2.17. The molecule has 0 bridgehead atoms. The molecule has 2 aromatic carbocycles. The largest absolute Gasteiger partial charge is 0.508 e. The zero-order valence-corrected chi connectivity index (χ0v) is 12.1. The second-order valence-corrected chi connectivity index (χ2v) is 5.10. The highest BCUT2D eigenvalue weighted by molar-refractivity contribution is 6.30. The summed E-state index contributed by atoms with van der Waals surface area (Å²) in [4.78, 5) is 16.1. The number of anilines is 1. The second kappa shape index (κ2) is 5.91. The molecular weight excluding hydrogens is 302 g/mol. The molecule has 0 saturated heterocycles. The third-order valence-corrected chi connectivity index (χ3v) is 3.25. The molecule has 0 aromatic heterocycles. The van der Waals surface area contributed by atoms with E-state index in [1.54, 1.807) is 42.5 Å². The Morgan fingerprint density at radius 1 is 1.09 bits per heavy atom. The normalized spacial score (nSPS) is 15.6. The van der Waals surface area contributed by atoms with Gasteiger partial charge in [-0.05, 0) is 48.0 Å². The topological polar surface area (TPSA) is 73.7 Å². The number of phenols is 1. The van der Waals surface area contributed by atoms with Gasteiger partial charge in [0.25, 0.3) is 5.91 Å². The molecule has 2 aromatic rings. The predicted octanol–water partition coefficient (Wildman–Crippen LogP) is 2.98. The van der Waals surface area contributed by atoms with E-state index in [1.807, 2.05) is 12.1 Å². The summed E-state index contributed by atoms with van der Waals surface area (Å²) in [5.41, 5.74) is 1.86. The molecule has 110 valence electrons. The van der Waals surface area contributed by atoms with Crippen LogP contribution in [0.3, 0.4) is 0 Å². The molecule has 0 atom stereocenters. The van der Waals surface area contributed by atoms with Gasteiger partial charge in [-0.25, -0.2) is 4.99 Å². The van der Waals surface area contributed by atoms with Gasteiger partial charge in [0.2, 0.25) is 5.96 Å². The lowest BCUT2D eigenvalue weighted by Gasteiger charge is -2.04. The number of phenolic OH excluding ortho intramolecular Hbond substituents is 1. The lowest BCUT2D eigenvalue weighted by atomic mass is 10.2. The molecule has 0 aliphatic carbocycles. The first kappa shape index (κ1) is 14.2. The minimum atomic E-state index is -0.281. The fraction of sp³-hybridized carbons (Fsp3) is 0. The molecule has 0 fully saturated rings. The van der Waals surface area contributed by atoms with Crippen LogP contribution in [0.25, 0.3) is 6.08 Å². The number of benzene rings is 2. The molecule has 0 unspecified atom stereocenters. The lowest BCUT2D eigenvalue weighted by Crippen LogP contribution is -2.29. The first-order valence-corrected chi connectivity index (χ1v) is 6.91. The van der Waals surface area contributed by atoms with Crippen molar-refractivity contribution in [2.24, 2.45) is 4.99 Å². The summed E-state index contributed by atoms with van der Waals surface area (Å²) in [5, 5.41) is 15.5. The van der Waals surface area contributed by atoms with Gasteiger partial charge in [-0.1, -0.05) is 23.7 Å². The van der Waals surface area contributed by atoms with E-state index in [9.17, 15) is 9.90 Å². The Kier molecular flexibility index (Phi) is 3.80. The van der Waals surface area contributed by atoms with Crippen molar-refractivity contribution in [1.29, 1.82) is 0 Å². The summed E-state index contributed by atoms with van der Waals surface area (Å²) in [6, 6.07) is 13.6. The molecule has 0 spiro atoms. The molecule has 22 heavy (non-hydrogen) atoms. The van der Waals surface area contributed by atoms with Crippen molar-refractivity contribution in [3.63, 3.8) is 0 Å². The van der Waals surface area contributed by atoms with E-state index >= 15 is 0 Å². The highest BCUT2D eigenvalue weighted by atomic mass is 35.5. The van der Waals surface area contributed by atoms with Crippen molar-refractivity contribution < 1.29 is 9.90 Å². The summed E-state index contributed by atoms with van der Waals surface area (Å²) >= 11 is 5.83. The number of rotatable bonds is 2. The van der Waals surface area contributed by atoms with Crippen LogP contribution in [0.15, 0.2) is 59.2 Å². The monoisotopic (exact) mass is 313 g/mol. The summed E-state index contributed by atoms with van der Waals surface area (Å²) in [6.07, 6.45) is 1.68. The molecular formula is C16H12ClN3O2. The van der Waals surface area contributed by atoms with Gasteiger partial charge in [0.1, 0.15) is 11.4 Å². The fourth-order valence-corrected chi connectivity index (χ4v) is 2.05. The van der Waals surface area contributed by atoms with Crippen LogP contribution in [0.5, 0.6) is 5.75 Å². The number of carbonyl (C=O) groups excluding carboxylic acids is 1. The van der Waals surface area contributed by atoms with Gasteiger partial charge in [-0.3, -0.25) is 10.1 Å². The number of aliphatic imine (C=N–C) groups is 1. The van der Waals surface area contributed by atoms with Gasteiger partial charge in [-0.2, -0.15) is 0 Å². The Bertz CT molecular complexity index is 765. The van der Waals surface area contributed by atoms with Gasteiger partial charge >= 0.3 is 0 Å². The van der Waals surface area contributed by atoms with Crippen LogP contribution in [-0.4, -0.2) is 17.0 Å². The Balaban J connectivity index is 1.79. The molecule has 1 aliphatic rings. The van der Waals surface area contributed by atoms with Crippen molar-refractivity contribution in [3.05, 3.63) is 64.8 Å². The van der Waals surface area contributed by atoms with Crippen LogP contribution in [0.1, 0.15) is 5.56 Å². The Hall–Kier alpha value is -2.79. The maximum Gasteiger partial charge on any atom is 0.276 e. The average Bonchev–Trinajstić information content (AvgIpc) is 2.84. The van der Waals surface area contributed by atoms with Crippen LogP contribution < -0.4 is 10.6 Å². The smallest absolute Gasteiger partial charge is 0.276 e. The zero-order valence-electron chi connectivity index (χ0n) is 11.4. The first-order valence-electron chi connectivity index (χ1n) is 6.53. The number of carbonyl (C=O) groups is 1. The SMILES string of the molecule is O=C1NC(Nc2ccc(O)cc2)=N/C1=C\c1ccc(Cl)cc1. The van der Waals surface area contributed by atoms with Gasteiger partial charge in [0.15, 0.2) is 0 Å². The van der Waals surface area contributed by atoms with Crippen molar-refractivity contribution in [1.82, 2.24) is 5.32 Å². The summed E-state index contributed by atoms with van der Waals surface area (Å²) < 4.78 is 0. The van der Waals surface area contributed by atoms with Crippen molar-refractivity contribution in [3.8, 4) is 5.75 Å². The number of hydrogen-bond donors (Lipinski definition) is 3. The van der Waals surface area contributed by atoms with Gasteiger partial charge < -0.3 is 10.4 Å². The van der Waals surface area contributed by atoms with Crippen LogP contribution in [0.4, 0.5) is 5.69 Å². The number of halogens is 1. The Morgan fingerprint density at radius 3 is 2.45 bits per heavy atom. The van der Waals surface area contributed by atoms with Crippen LogP contribution in [-0.2, 0) is 4.79 Å². The summed E-state index contributed by atoms with van der Waals surface area (Å²) in [6.45, 7) is 0. The van der Waals surface area contributed by atoms with E-state index in [4.69, 9.17) is 11.6 Å². The molecule has 3 rings (SSSR count). The number of aromatic hydroxyl groups is 1. The number of guanidine groups is 1. The quantitative estimate of drug-likeness (QED) is 0.589. The van der Waals surface area contributed by atoms with E-state index in [0.717, 1.165) is 5.56 Å². The second-order valence-electron chi connectivity index (χ2n) is 4.67. The minimum Gasteiger partial charge on any atom is -0.508 e. The maximum absolute atomic E-state index is 11.9. The van der Waals surface area contributed by atoms with E-state index < -0.39 is 0 Å². The van der Waals surface area contributed by atoms with E-state index in [-0.39, 0.29) is 11.7 Å². The number of nitrogens with one attached hydrogen (secondary N) is 2. The van der Waals surface area contributed by atoms with Crippen LogP contribution in [0.2, 0.25) is 5.02 Å². The molecule has 1 heterocycles. The standard InChI is InChI=1S/C16H12ClN3O2/c17-11-3-1-10(2-4-11)9-14-15(22)20-16(19-14)18-12-5-7-13(21)8-6-12/h1-9,21H,(H2,18,19,20,22)/b14-9-. The molecule has 0 radical (unpaired) electrons. The maximum atomic E-state index is 11.9.